The van der Waals surface area contributed by atoms with Crippen LogP contribution in [0.3, 0.4) is 0 Å². The summed E-state index contributed by atoms with van der Waals surface area (Å²) in [6.07, 6.45) is 8.16. The Morgan fingerprint density at radius 3 is 3.00 bits per heavy atom. The molecule has 1 rings (SSSR count). The van der Waals surface area contributed by atoms with Gasteiger partial charge in [-0.2, -0.15) is 0 Å². The van der Waals surface area contributed by atoms with Crippen molar-refractivity contribution >= 4 is 5.78 Å². The summed E-state index contributed by atoms with van der Waals surface area (Å²) >= 11 is 0. The largest absolute Gasteiger partial charge is 0.293 e. The monoisotopic (exact) mass is 148 g/mol. The quantitative estimate of drug-likeness (QED) is 0.559. The molecule has 0 saturated carbocycles. The molecule has 0 unspecified atom stereocenters. The summed E-state index contributed by atoms with van der Waals surface area (Å²) in [6, 6.07) is 0. The summed E-state index contributed by atoms with van der Waals surface area (Å²) in [4.78, 5) is 11.2. The Morgan fingerprint density at radius 1 is 1.64 bits per heavy atom. The number of hydrogen-bond donors (Lipinski definition) is 0. The maximum Gasteiger partial charge on any atom is 0.170 e. The van der Waals surface area contributed by atoms with Crippen molar-refractivity contribution < 1.29 is 4.79 Å². The first-order chi connectivity index (χ1) is 5.34. The number of unbranched alkanes of at least 4 members (excludes halogenated alkanes) is 1. The Hall–Kier alpha value is -1.07. The lowest BCUT2D eigenvalue weighted by atomic mass is 10.1. The number of hydrogen-bond acceptors (Lipinski definition) is 1. The molecule has 1 heteroatoms. The molecule has 11 heavy (non-hydrogen) atoms. The van der Waals surface area contributed by atoms with Gasteiger partial charge >= 0.3 is 0 Å². The number of rotatable bonds is 4. The van der Waals surface area contributed by atoms with Crippen molar-refractivity contribution in [3.63, 3.8) is 0 Å². The van der Waals surface area contributed by atoms with E-state index < -0.39 is 0 Å². The van der Waals surface area contributed by atoms with Crippen LogP contribution in [-0.4, -0.2) is 5.78 Å². The number of allylic oxidation sites excluding steroid dienone is 3. The molecule has 0 saturated heterocycles. The van der Waals surface area contributed by atoms with E-state index in [9.17, 15) is 4.79 Å². The van der Waals surface area contributed by atoms with E-state index in [4.69, 9.17) is 0 Å². The van der Waals surface area contributed by atoms with Crippen LogP contribution in [0, 0.1) is 0 Å². The molecular formula is C10H12O. The molecule has 0 aromatic carbocycles. The molecule has 0 aliphatic heterocycles. The van der Waals surface area contributed by atoms with Crippen LogP contribution in [0.15, 0.2) is 29.5 Å². The summed E-state index contributed by atoms with van der Waals surface area (Å²) in [5.41, 5.74) is 3.63. The van der Waals surface area contributed by atoms with Gasteiger partial charge in [-0.25, -0.2) is 0 Å². The van der Waals surface area contributed by atoms with Gasteiger partial charge in [0.25, 0.3) is 0 Å². The zero-order chi connectivity index (χ0) is 8.10. The van der Waals surface area contributed by atoms with Crippen LogP contribution in [-0.2, 0) is 4.79 Å². The zero-order valence-corrected chi connectivity index (χ0v) is 6.76. The first-order valence-electron chi connectivity index (χ1n) is 4.01. The fourth-order valence-electron chi connectivity index (χ4n) is 0.976. The molecule has 0 spiro atoms. The number of Topliss-reactive ketones (excluding diaryl/α,β-unsaturated/α-hetero) is 1. The van der Waals surface area contributed by atoms with Gasteiger partial charge in [0.05, 0.1) is 5.57 Å². The summed E-state index contributed by atoms with van der Waals surface area (Å²) in [5.74, 6) is 0.219. The third kappa shape index (κ3) is 2.21. The normalized spacial score (nSPS) is 13.7. The third-order valence-corrected chi connectivity index (χ3v) is 1.66. The maximum absolute atomic E-state index is 11.2. The van der Waals surface area contributed by atoms with Gasteiger partial charge in [0.15, 0.2) is 5.78 Å². The summed E-state index contributed by atoms with van der Waals surface area (Å²) in [6.45, 7) is 2.09. The molecule has 0 radical (unpaired) electrons. The zero-order valence-electron chi connectivity index (χ0n) is 6.76. The second kappa shape index (κ2) is 3.95. The second-order valence-electron chi connectivity index (χ2n) is 2.61. The van der Waals surface area contributed by atoms with Crippen molar-refractivity contribution in [2.24, 2.45) is 0 Å². The van der Waals surface area contributed by atoms with E-state index in [0.717, 1.165) is 18.4 Å². The van der Waals surface area contributed by atoms with Crippen LogP contribution < -0.4 is 0 Å². The molecule has 0 aromatic heterocycles. The van der Waals surface area contributed by atoms with E-state index >= 15 is 0 Å². The molecule has 0 heterocycles. The highest BCUT2D eigenvalue weighted by molar-refractivity contribution is 5.98. The van der Waals surface area contributed by atoms with Gasteiger partial charge in [-0.3, -0.25) is 4.79 Å². The van der Waals surface area contributed by atoms with Crippen LogP contribution in [0.5, 0.6) is 0 Å². The minimum absolute atomic E-state index is 0.219. The van der Waals surface area contributed by atoms with Gasteiger partial charge in [0, 0.05) is 6.42 Å². The highest BCUT2D eigenvalue weighted by Crippen LogP contribution is 2.08. The van der Waals surface area contributed by atoms with Crippen LogP contribution in [0.1, 0.15) is 26.2 Å². The Labute approximate surface area is 67.1 Å². The van der Waals surface area contributed by atoms with Crippen LogP contribution in [0.4, 0.5) is 0 Å². The van der Waals surface area contributed by atoms with Crippen molar-refractivity contribution in [2.45, 2.75) is 26.2 Å². The molecule has 1 nitrogen and oxygen atoms in total. The predicted octanol–water partition coefficient (Wildman–Crippen LogP) is 2.40. The van der Waals surface area contributed by atoms with Gasteiger partial charge < -0.3 is 0 Å². The van der Waals surface area contributed by atoms with E-state index in [1.165, 1.54) is 0 Å². The fraction of sp³-hybridized carbons (Fsp3) is 0.400. The summed E-state index contributed by atoms with van der Waals surface area (Å²) < 4.78 is 0. The molecule has 0 atom stereocenters. The van der Waals surface area contributed by atoms with Crippen LogP contribution >= 0.6 is 0 Å². The lowest BCUT2D eigenvalue weighted by molar-refractivity contribution is -0.115. The average Bonchev–Trinajstić information content (AvgIpc) is 2.52. The topological polar surface area (TPSA) is 17.1 Å². The first kappa shape index (κ1) is 8.03. The standard InChI is InChI=1S/C10H12O/c1-2-3-8-10(11)9-6-4-5-7-9/h4-6H,2-3,8H2,1H3. The predicted molar refractivity (Wildman–Crippen MR) is 45.3 cm³/mol. The fourth-order valence-corrected chi connectivity index (χ4v) is 0.976. The number of carbonyl (C=O) groups is 1. The minimum atomic E-state index is 0.219. The Kier molecular flexibility index (Phi) is 2.88. The molecule has 1 aliphatic rings. The summed E-state index contributed by atoms with van der Waals surface area (Å²) in [7, 11) is 0. The Bertz CT molecular complexity index is 240. The molecule has 0 bridgehead atoms. The minimum Gasteiger partial charge on any atom is -0.293 e. The molecule has 1 aliphatic carbocycles. The Morgan fingerprint density at radius 2 is 2.45 bits per heavy atom. The SMILES string of the molecule is CCCCC(=O)C1=C=CC=C1. The van der Waals surface area contributed by atoms with Crippen molar-refractivity contribution in [2.75, 3.05) is 0 Å². The lowest BCUT2D eigenvalue weighted by Gasteiger charge is -1.94. The molecule has 0 aromatic rings. The van der Waals surface area contributed by atoms with Gasteiger partial charge in [-0.15, -0.1) is 5.73 Å². The first-order valence-corrected chi connectivity index (χ1v) is 4.01. The highest BCUT2D eigenvalue weighted by atomic mass is 16.1. The maximum atomic E-state index is 11.2. The highest BCUT2D eigenvalue weighted by Gasteiger charge is 2.05. The van der Waals surface area contributed by atoms with Crippen LogP contribution in [0.25, 0.3) is 0 Å². The molecule has 0 fully saturated rings. The third-order valence-electron chi connectivity index (χ3n) is 1.66. The van der Waals surface area contributed by atoms with E-state index in [-0.39, 0.29) is 5.78 Å². The van der Waals surface area contributed by atoms with E-state index in [0.29, 0.717) is 6.42 Å². The van der Waals surface area contributed by atoms with Crippen molar-refractivity contribution in [3.8, 4) is 0 Å². The lowest BCUT2D eigenvalue weighted by Crippen LogP contribution is -1.97. The molecule has 58 valence electrons. The van der Waals surface area contributed by atoms with Crippen molar-refractivity contribution in [3.05, 3.63) is 29.5 Å². The van der Waals surface area contributed by atoms with Crippen LogP contribution in [0.2, 0.25) is 0 Å². The number of carbonyl (C=O) groups excluding carboxylic acids is 1. The number of ketones is 1. The average molecular weight is 148 g/mol. The smallest absolute Gasteiger partial charge is 0.170 e. The van der Waals surface area contributed by atoms with E-state index in [1.54, 1.807) is 6.08 Å². The van der Waals surface area contributed by atoms with Gasteiger partial charge in [-0.1, -0.05) is 19.4 Å². The molecule has 0 N–H and O–H groups in total. The molecular weight excluding hydrogens is 136 g/mol. The Balaban J connectivity index is 2.43. The summed E-state index contributed by atoms with van der Waals surface area (Å²) in [5, 5.41) is 0. The van der Waals surface area contributed by atoms with Gasteiger partial charge in [-0.05, 0) is 18.6 Å². The van der Waals surface area contributed by atoms with Crippen molar-refractivity contribution in [1.29, 1.82) is 0 Å². The van der Waals surface area contributed by atoms with E-state index in [2.05, 4.69) is 12.7 Å². The van der Waals surface area contributed by atoms with Gasteiger partial charge in [0.2, 0.25) is 0 Å². The van der Waals surface area contributed by atoms with Crippen molar-refractivity contribution in [1.82, 2.24) is 0 Å². The molecule has 0 amide bonds. The van der Waals surface area contributed by atoms with Gasteiger partial charge in [0.1, 0.15) is 0 Å². The second-order valence-corrected chi connectivity index (χ2v) is 2.61. The van der Waals surface area contributed by atoms with E-state index in [1.807, 2.05) is 12.2 Å².